The van der Waals surface area contributed by atoms with Crippen molar-refractivity contribution >= 4 is 17.7 Å². The Kier molecular flexibility index (Phi) is 6.64. The molecule has 0 saturated heterocycles. The summed E-state index contributed by atoms with van der Waals surface area (Å²) in [5.74, 6) is 0.342. The SMILES string of the molecule is CSc1nc(C)c(CCC(=O)O[C@H](C)c2nnc(-c3ccc(C)cc3)o2)c(C)n1. The van der Waals surface area contributed by atoms with E-state index in [-0.39, 0.29) is 18.3 Å². The summed E-state index contributed by atoms with van der Waals surface area (Å²) in [5, 5.41) is 8.81. The number of thioether (sulfide) groups is 1. The maximum absolute atomic E-state index is 12.3. The Labute approximate surface area is 174 Å². The molecular weight excluding hydrogens is 388 g/mol. The van der Waals surface area contributed by atoms with Crippen LogP contribution >= 0.6 is 11.8 Å². The van der Waals surface area contributed by atoms with Crippen molar-refractivity contribution in [2.45, 2.75) is 51.8 Å². The van der Waals surface area contributed by atoms with Crippen molar-refractivity contribution in [3.63, 3.8) is 0 Å². The molecule has 2 heterocycles. The van der Waals surface area contributed by atoms with Crippen molar-refractivity contribution in [3.05, 3.63) is 52.7 Å². The van der Waals surface area contributed by atoms with E-state index in [1.165, 1.54) is 11.8 Å². The molecule has 0 fully saturated rings. The molecule has 3 aromatic rings. The molecular formula is C21H24N4O3S. The number of hydrogen-bond donors (Lipinski definition) is 0. The predicted molar refractivity (Wildman–Crippen MR) is 111 cm³/mol. The molecule has 0 saturated carbocycles. The molecule has 8 heteroatoms. The van der Waals surface area contributed by atoms with Crippen LogP contribution in [0.15, 0.2) is 33.8 Å². The van der Waals surface area contributed by atoms with Crippen molar-refractivity contribution in [2.75, 3.05) is 6.26 Å². The quantitative estimate of drug-likeness (QED) is 0.320. The highest BCUT2D eigenvalue weighted by Crippen LogP contribution is 2.23. The Balaban J connectivity index is 1.59. The summed E-state index contributed by atoms with van der Waals surface area (Å²) in [7, 11) is 0. The zero-order chi connectivity index (χ0) is 21.0. The Hall–Kier alpha value is -2.74. The zero-order valence-electron chi connectivity index (χ0n) is 17.2. The molecule has 0 bridgehead atoms. The first kappa shape index (κ1) is 21.0. The van der Waals surface area contributed by atoms with Crippen LogP contribution in [0.4, 0.5) is 0 Å². The second-order valence-corrected chi connectivity index (χ2v) is 7.58. The molecule has 0 aliphatic heterocycles. The topological polar surface area (TPSA) is 91.0 Å². The number of carbonyl (C=O) groups is 1. The lowest BCUT2D eigenvalue weighted by Gasteiger charge is -2.11. The molecule has 0 radical (unpaired) electrons. The van der Waals surface area contributed by atoms with Crippen LogP contribution < -0.4 is 0 Å². The number of nitrogens with zero attached hydrogens (tertiary/aromatic N) is 4. The molecule has 2 aromatic heterocycles. The molecule has 7 nitrogen and oxygen atoms in total. The molecule has 0 N–H and O–H groups in total. The van der Waals surface area contributed by atoms with E-state index in [1.807, 2.05) is 51.3 Å². The third kappa shape index (κ3) is 5.20. The summed E-state index contributed by atoms with van der Waals surface area (Å²) in [6.45, 7) is 7.60. The van der Waals surface area contributed by atoms with Gasteiger partial charge in [0.25, 0.3) is 5.89 Å². The van der Waals surface area contributed by atoms with Crippen molar-refractivity contribution in [1.29, 1.82) is 0 Å². The summed E-state index contributed by atoms with van der Waals surface area (Å²) >= 11 is 1.50. The first-order chi connectivity index (χ1) is 13.9. The zero-order valence-corrected chi connectivity index (χ0v) is 18.0. The lowest BCUT2D eigenvalue weighted by molar-refractivity contribution is -0.149. The lowest BCUT2D eigenvalue weighted by Crippen LogP contribution is -2.11. The van der Waals surface area contributed by atoms with E-state index in [0.717, 1.165) is 33.2 Å². The molecule has 0 amide bonds. The summed E-state index contributed by atoms with van der Waals surface area (Å²) in [6, 6.07) is 7.78. The Morgan fingerprint density at radius 3 is 2.38 bits per heavy atom. The third-order valence-electron chi connectivity index (χ3n) is 4.56. The minimum atomic E-state index is -0.619. The van der Waals surface area contributed by atoms with Crippen LogP contribution in [-0.2, 0) is 16.0 Å². The predicted octanol–water partition coefficient (Wildman–Crippen LogP) is 4.41. The third-order valence-corrected chi connectivity index (χ3v) is 5.10. The first-order valence-electron chi connectivity index (χ1n) is 9.35. The van der Waals surface area contributed by atoms with E-state index in [9.17, 15) is 4.79 Å². The largest absolute Gasteiger partial charge is 0.453 e. The van der Waals surface area contributed by atoms with Gasteiger partial charge < -0.3 is 9.15 Å². The smallest absolute Gasteiger partial charge is 0.306 e. The average molecular weight is 413 g/mol. The highest BCUT2D eigenvalue weighted by atomic mass is 32.2. The molecule has 1 aromatic carbocycles. The fourth-order valence-electron chi connectivity index (χ4n) is 2.91. The van der Waals surface area contributed by atoms with Crippen LogP contribution in [0.5, 0.6) is 0 Å². The maximum atomic E-state index is 12.3. The van der Waals surface area contributed by atoms with E-state index in [4.69, 9.17) is 9.15 Å². The molecule has 0 spiro atoms. The second-order valence-electron chi connectivity index (χ2n) is 6.80. The molecule has 29 heavy (non-hydrogen) atoms. The number of carbonyl (C=O) groups excluding carboxylic acids is 1. The first-order valence-corrected chi connectivity index (χ1v) is 10.6. The standard InChI is InChI=1S/C21H24N4O3S/c1-12-6-8-16(9-7-12)20-25-24-19(28-20)15(4)27-18(26)11-10-17-13(2)22-21(29-5)23-14(17)3/h6-9,15H,10-11H2,1-5H3/t15-/m1/s1. The van der Waals surface area contributed by atoms with Gasteiger partial charge >= 0.3 is 5.97 Å². The summed E-state index contributed by atoms with van der Waals surface area (Å²) < 4.78 is 11.1. The van der Waals surface area contributed by atoms with Gasteiger partial charge in [-0.3, -0.25) is 4.79 Å². The van der Waals surface area contributed by atoms with E-state index in [1.54, 1.807) is 6.92 Å². The summed E-state index contributed by atoms with van der Waals surface area (Å²) in [4.78, 5) is 21.2. The van der Waals surface area contributed by atoms with E-state index in [0.29, 0.717) is 12.3 Å². The summed E-state index contributed by atoms with van der Waals surface area (Å²) in [6.07, 6.45) is 2.07. The van der Waals surface area contributed by atoms with Crippen LogP contribution in [0.3, 0.4) is 0 Å². The van der Waals surface area contributed by atoms with E-state index in [2.05, 4.69) is 20.2 Å². The number of aryl methyl sites for hydroxylation is 3. The van der Waals surface area contributed by atoms with Gasteiger partial charge in [0, 0.05) is 23.4 Å². The average Bonchev–Trinajstić information content (AvgIpc) is 3.18. The summed E-state index contributed by atoms with van der Waals surface area (Å²) in [5.41, 5.74) is 4.73. The van der Waals surface area contributed by atoms with Crippen LogP contribution in [-0.4, -0.2) is 32.4 Å². The maximum Gasteiger partial charge on any atom is 0.306 e. The minimum absolute atomic E-state index is 0.229. The van der Waals surface area contributed by atoms with Crippen molar-refractivity contribution in [2.24, 2.45) is 0 Å². The highest BCUT2D eigenvalue weighted by Gasteiger charge is 2.19. The fraction of sp³-hybridized carbons (Fsp3) is 0.381. The van der Waals surface area contributed by atoms with Gasteiger partial charge in [0.05, 0.1) is 0 Å². The van der Waals surface area contributed by atoms with Crippen molar-refractivity contribution in [1.82, 2.24) is 20.2 Å². The van der Waals surface area contributed by atoms with E-state index < -0.39 is 6.10 Å². The number of rotatable bonds is 7. The van der Waals surface area contributed by atoms with E-state index >= 15 is 0 Å². The number of ether oxygens (including phenoxy) is 1. The number of hydrogen-bond acceptors (Lipinski definition) is 8. The molecule has 0 aliphatic carbocycles. The van der Waals surface area contributed by atoms with Gasteiger partial charge in [-0.25, -0.2) is 9.97 Å². The van der Waals surface area contributed by atoms with Gasteiger partial charge in [-0.15, -0.1) is 10.2 Å². The van der Waals surface area contributed by atoms with Crippen LogP contribution in [0.2, 0.25) is 0 Å². The van der Waals surface area contributed by atoms with Gasteiger partial charge in [-0.2, -0.15) is 0 Å². The molecule has 0 unspecified atom stereocenters. The number of esters is 1. The van der Waals surface area contributed by atoms with Crippen molar-refractivity contribution < 1.29 is 13.9 Å². The Morgan fingerprint density at radius 2 is 1.76 bits per heavy atom. The Bertz CT molecular complexity index is 978. The van der Waals surface area contributed by atoms with Crippen molar-refractivity contribution in [3.8, 4) is 11.5 Å². The number of aromatic nitrogens is 4. The molecule has 152 valence electrons. The van der Waals surface area contributed by atoms with Crippen LogP contribution in [0, 0.1) is 20.8 Å². The minimum Gasteiger partial charge on any atom is -0.453 e. The Morgan fingerprint density at radius 1 is 1.10 bits per heavy atom. The second kappa shape index (κ2) is 9.17. The highest BCUT2D eigenvalue weighted by molar-refractivity contribution is 7.98. The fourth-order valence-corrected chi connectivity index (χ4v) is 3.36. The van der Waals surface area contributed by atoms with Gasteiger partial charge in [-0.1, -0.05) is 29.5 Å². The lowest BCUT2D eigenvalue weighted by atomic mass is 10.1. The number of benzene rings is 1. The van der Waals surface area contributed by atoms with Crippen LogP contribution in [0.1, 0.15) is 47.9 Å². The molecule has 0 aliphatic rings. The van der Waals surface area contributed by atoms with Gasteiger partial charge in [0.15, 0.2) is 11.3 Å². The molecule has 1 atom stereocenters. The monoisotopic (exact) mass is 412 g/mol. The van der Waals surface area contributed by atoms with Crippen LogP contribution in [0.25, 0.3) is 11.5 Å². The van der Waals surface area contributed by atoms with Gasteiger partial charge in [0.2, 0.25) is 5.89 Å². The normalized spacial score (nSPS) is 12.0. The van der Waals surface area contributed by atoms with Gasteiger partial charge in [0.1, 0.15) is 0 Å². The molecule has 3 rings (SSSR count). The van der Waals surface area contributed by atoms with Gasteiger partial charge in [-0.05, 0) is 58.1 Å².